The van der Waals surface area contributed by atoms with Gasteiger partial charge < -0.3 is 10.1 Å². The van der Waals surface area contributed by atoms with Crippen LogP contribution in [0.4, 0.5) is 5.95 Å². The summed E-state index contributed by atoms with van der Waals surface area (Å²) >= 11 is 0. The molecule has 0 saturated carbocycles. The van der Waals surface area contributed by atoms with E-state index in [1.165, 1.54) is 0 Å². The Morgan fingerprint density at radius 3 is 2.79 bits per heavy atom. The SMILES string of the molecule is CCCC(=O)n1c(NCc2ccc(OC)nc2)nc2ccccc21. The van der Waals surface area contributed by atoms with E-state index in [0.717, 1.165) is 23.0 Å². The molecule has 0 spiro atoms. The number of ether oxygens (including phenoxy) is 1. The molecule has 124 valence electrons. The van der Waals surface area contributed by atoms with Crippen molar-refractivity contribution in [3.05, 3.63) is 48.2 Å². The molecular formula is C18H20N4O2. The molecule has 0 aliphatic heterocycles. The largest absolute Gasteiger partial charge is 0.481 e. The second-order valence-corrected chi connectivity index (χ2v) is 5.47. The highest BCUT2D eigenvalue weighted by atomic mass is 16.5. The fourth-order valence-corrected chi connectivity index (χ4v) is 2.54. The molecule has 0 unspecified atom stereocenters. The van der Waals surface area contributed by atoms with E-state index < -0.39 is 0 Å². The molecule has 0 fully saturated rings. The Bertz CT molecular complexity index is 840. The van der Waals surface area contributed by atoms with Gasteiger partial charge in [0.2, 0.25) is 17.7 Å². The van der Waals surface area contributed by atoms with Gasteiger partial charge in [-0.05, 0) is 24.1 Å². The molecule has 6 heteroatoms. The molecule has 0 aliphatic carbocycles. The zero-order valence-electron chi connectivity index (χ0n) is 13.8. The summed E-state index contributed by atoms with van der Waals surface area (Å²) in [5.74, 6) is 1.18. The average molecular weight is 324 g/mol. The minimum atomic E-state index is 0.0431. The second-order valence-electron chi connectivity index (χ2n) is 5.47. The summed E-state index contributed by atoms with van der Waals surface area (Å²) < 4.78 is 6.72. The number of benzene rings is 1. The summed E-state index contributed by atoms with van der Waals surface area (Å²) in [5, 5.41) is 3.25. The van der Waals surface area contributed by atoms with Gasteiger partial charge in [0, 0.05) is 25.2 Å². The van der Waals surface area contributed by atoms with Crippen molar-refractivity contribution >= 4 is 22.9 Å². The van der Waals surface area contributed by atoms with E-state index in [9.17, 15) is 4.79 Å². The van der Waals surface area contributed by atoms with Crippen molar-refractivity contribution in [3.8, 4) is 5.88 Å². The van der Waals surface area contributed by atoms with E-state index in [-0.39, 0.29) is 5.91 Å². The normalized spacial score (nSPS) is 10.8. The van der Waals surface area contributed by atoms with Crippen molar-refractivity contribution < 1.29 is 9.53 Å². The third kappa shape index (κ3) is 3.22. The number of nitrogens with one attached hydrogen (secondary N) is 1. The van der Waals surface area contributed by atoms with Crippen LogP contribution in [0, 0.1) is 0 Å². The molecule has 2 aromatic heterocycles. The lowest BCUT2D eigenvalue weighted by Crippen LogP contribution is -2.14. The van der Waals surface area contributed by atoms with Crippen molar-refractivity contribution in [3.63, 3.8) is 0 Å². The maximum atomic E-state index is 12.5. The van der Waals surface area contributed by atoms with Gasteiger partial charge in [0.25, 0.3) is 0 Å². The number of hydrogen-bond donors (Lipinski definition) is 1. The summed E-state index contributed by atoms with van der Waals surface area (Å²) in [6.45, 7) is 2.52. The molecule has 0 saturated heterocycles. The monoisotopic (exact) mass is 324 g/mol. The number of nitrogens with zero attached hydrogens (tertiary/aromatic N) is 3. The summed E-state index contributed by atoms with van der Waals surface area (Å²) in [5.41, 5.74) is 2.61. The molecule has 2 heterocycles. The first-order valence-electron chi connectivity index (χ1n) is 7.96. The molecule has 3 rings (SSSR count). The van der Waals surface area contributed by atoms with Crippen molar-refractivity contribution in [1.29, 1.82) is 0 Å². The topological polar surface area (TPSA) is 69.0 Å². The molecule has 0 atom stereocenters. The lowest BCUT2D eigenvalue weighted by atomic mass is 10.3. The summed E-state index contributed by atoms with van der Waals surface area (Å²) in [4.78, 5) is 21.2. The molecule has 1 N–H and O–H groups in total. The first-order chi connectivity index (χ1) is 11.7. The molecule has 0 amide bonds. The third-order valence-electron chi connectivity index (χ3n) is 3.73. The van der Waals surface area contributed by atoms with E-state index in [0.29, 0.717) is 24.8 Å². The van der Waals surface area contributed by atoms with E-state index in [1.54, 1.807) is 17.9 Å². The first-order valence-corrected chi connectivity index (χ1v) is 7.96. The summed E-state index contributed by atoms with van der Waals surface area (Å²) in [7, 11) is 1.59. The molecule has 3 aromatic rings. The fourth-order valence-electron chi connectivity index (χ4n) is 2.54. The van der Waals surface area contributed by atoms with Gasteiger partial charge in [0.05, 0.1) is 18.1 Å². The van der Waals surface area contributed by atoms with Gasteiger partial charge in [-0.2, -0.15) is 0 Å². The third-order valence-corrected chi connectivity index (χ3v) is 3.73. The predicted octanol–water partition coefficient (Wildman–Crippen LogP) is 3.49. The van der Waals surface area contributed by atoms with Crippen LogP contribution < -0.4 is 10.1 Å². The van der Waals surface area contributed by atoms with Crippen LogP contribution in [0.5, 0.6) is 5.88 Å². The van der Waals surface area contributed by atoms with Crippen LogP contribution in [-0.2, 0) is 6.54 Å². The van der Waals surface area contributed by atoms with E-state index in [1.807, 2.05) is 43.3 Å². The number of carbonyl (C=O) groups excluding carboxylic acids is 1. The number of anilines is 1. The number of aromatic nitrogens is 3. The Morgan fingerprint density at radius 1 is 1.25 bits per heavy atom. The van der Waals surface area contributed by atoms with Crippen molar-refractivity contribution in [2.75, 3.05) is 12.4 Å². The van der Waals surface area contributed by atoms with Crippen molar-refractivity contribution in [1.82, 2.24) is 14.5 Å². The summed E-state index contributed by atoms with van der Waals surface area (Å²) in [6.07, 6.45) is 3.03. The number of para-hydroxylation sites is 2. The Balaban J connectivity index is 1.87. The van der Waals surface area contributed by atoms with E-state index >= 15 is 0 Å². The lowest BCUT2D eigenvalue weighted by molar-refractivity contribution is 0.0909. The first kappa shape index (κ1) is 16.0. The second kappa shape index (κ2) is 7.12. The van der Waals surface area contributed by atoms with Crippen molar-refractivity contribution in [2.45, 2.75) is 26.3 Å². The molecule has 0 radical (unpaired) electrons. The number of pyridine rings is 1. The van der Waals surface area contributed by atoms with Gasteiger partial charge in [-0.25, -0.2) is 14.5 Å². The number of rotatable bonds is 6. The van der Waals surface area contributed by atoms with E-state index in [4.69, 9.17) is 4.74 Å². The average Bonchev–Trinajstić information content (AvgIpc) is 2.99. The van der Waals surface area contributed by atoms with Gasteiger partial charge in [-0.3, -0.25) is 4.79 Å². The number of carbonyl (C=O) groups is 1. The van der Waals surface area contributed by atoms with Crippen molar-refractivity contribution in [2.24, 2.45) is 0 Å². The van der Waals surface area contributed by atoms with Gasteiger partial charge in [-0.1, -0.05) is 25.1 Å². The standard InChI is InChI=1S/C18H20N4O2/c1-3-6-17(23)22-15-8-5-4-7-14(15)21-18(22)20-12-13-9-10-16(24-2)19-11-13/h4-5,7-11H,3,6,12H2,1-2H3,(H,20,21). The number of fused-ring (bicyclic) bond motifs is 1. The maximum absolute atomic E-state index is 12.5. The zero-order chi connectivity index (χ0) is 16.9. The van der Waals surface area contributed by atoms with Crippen LogP contribution in [0.3, 0.4) is 0 Å². The van der Waals surface area contributed by atoms with E-state index in [2.05, 4.69) is 15.3 Å². The van der Waals surface area contributed by atoms with Crippen LogP contribution in [-0.4, -0.2) is 27.6 Å². The maximum Gasteiger partial charge on any atom is 0.233 e. The van der Waals surface area contributed by atoms with Crippen LogP contribution in [0.15, 0.2) is 42.6 Å². The fraction of sp³-hybridized carbons (Fsp3) is 0.278. The lowest BCUT2D eigenvalue weighted by Gasteiger charge is -2.09. The van der Waals surface area contributed by atoms with Gasteiger partial charge in [0.15, 0.2) is 0 Å². The predicted molar refractivity (Wildman–Crippen MR) is 93.4 cm³/mol. The number of hydrogen-bond acceptors (Lipinski definition) is 5. The molecule has 0 aliphatic rings. The molecule has 24 heavy (non-hydrogen) atoms. The minimum Gasteiger partial charge on any atom is -0.481 e. The van der Waals surface area contributed by atoms with Gasteiger partial charge in [-0.15, -0.1) is 0 Å². The quantitative estimate of drug-likeness (QED) is 0.751. The highest BCUT2D eigenvalue weighted by molar-refractivity contribution is 5.93. The number of methoxy groups -OCH3 is 1. The minimum absolute atomic E-state index is 0.0431. The molecule has 6 nitrogen and oxygen atoms in total. The Morgan fingerprint density at radius 2 is 2.08 bits per heavy atom. The smallest absolute Gasteiger partial charge is 0.233 e. The number of imidazole rings is 1. The summed E-state index contributed by atoms with van der Waals surface area (Å²) in [6, 6.07) is 11.4. The Labute approximate surface area is 140 Å². The highest BCUT2D eigenvalue weighted by Crippen LogP contribution is 2.21. The molecule has 0 bridgehead atoms. The van der Waals surface area contributed by atoms with Gasteiger partial charge in [0.1, 0.15) is 0 Å². The highest BCUT2D eigenvalue weighted by Gasteiger charge is 2.15. The zero-order valence-corrected chi connectivity index (χ0v) is 13.8. The Kier molecular flexibility index (Phi) is 4.74. The van der Waals surface area contributed by atoms with Crippen LogP contribution in [0.1, 0.15) is 30.1 Å². The molecule has 1 aromatic carbocycles. The van der Waals surface area contributed by atoms with Crippen LogP contribution in [0.25, 0.3) is 11.0 Å². The van der Waals surface area contributed by atoms with Crippen LogP contribution in [0.2, 0.25) is 0 Å². The molecular weight excluding hydrogens is 304 g/mol. The van der Waals surface area contributed by atoms with Crippen LogP contribution >= 0.6 is 0 Å². The Hall–Kier alpha value is -2.89. The van der Waals surface area contributed by atoms with Gasteiger partial charge >= 0.3 is 0 Å².